The van der Waals surface area contributed by atoms with E-state index in [1.54, 1.807) is 7.11 Å². The van der Waals surface area contributed by atoms with Crippen molar-refractivity contribution >= 4 is 39.9 Å². The number of anilines is 1. The van der Waals surface area contributed by atoms with Crippen molar-refractivity contribution in [3.05, 3.63) is 81.7 Å². The second-order valence-electron chi connectivity index (χ2n) is 7.56. The fraction of sp³-hybridized carbons (Fsp3) is 0.231. The van der Waals surface area contributed by atoms with Crippen LogP contribution in [0.5, 0.6) is 5.75 Å². The highest BCUT2D eigenvalue weighted by molar-refractivity contribution is 7.17. The number of methoxy groups -OCH3 is 2. The van der Waals surface area contributed by atoms with E-state index in [0.29, 0.717) is 16.1 Å². The van der Waals surface area contributed by atoms with E-state index < -0.39 is 5.97 Å². The van der Waals surface area contributed by atoms with Gasteiger partial charge in [-0.15, -0.1) is 11.3 Å². The maximum atomic E-state index is 13.5. The average molecular weight is 448 g/mol. The lowest BCUT2D eigenvalue weighted by Gasteiger charge is -2.12. The zero-order valence-electron chi connectivity index (χ0n) is 18.1. The number of carbonyl (C=O) groups excluding carboxylic acids is 2. The lowest BCUT2D eigenvalue weighted by Crippen LogP contribution is -2.16. The van der Waals surface area contributed by atoms with Crippen LogP contribution in [-0.4, -0.2) is 26.1 Å². The van der Waals surface area contributed by atoms with E-state index in [-0.39, 0.29) is 5.91 Å². The first-order chi connectivity index (χ1) is 15.6. The smallest absolute Gasteiger partial charge is 0.341 e. The molecular weight excluding hydrogens is 422 g/mol. The van der Waals surface area contributed by atoms with Gasteiger partial charge in [0, 0.05) is 10.5 Å². The summed E-state index contributed by atoms with van der Waals surface area (Å²) in [5.41, 5.74) is 3.69. The van der Waals surface area contributed by atoms with E-state index in [1.807, 2.05) is 60.7 Å². The molecule has 3 aromatic rings. The summed E-state index contributed by atoms with van der Waals surface area (Å²) in [5.74, 6) is 0.0793. The number of hydrogen-bond acceptors (Lipinski definition) is 5. The number of benzene rings is 2. The third-order valence-corrected chi connectivity index (χ3v) is 6.75. The fourth-order valence-electron chi connectivity index (χ4n) is 3.91. The molecule has 164 valence electrons. The lowest BCUT2D eigenvalue weighted by atomic mass is 9.95. The molecule has 0 radical (unpaired) electrons. The molecule has 1 N–H and O–H groups in total. The molecule has 0 saturated carbocycles. The molecule has 1 aliphatic carbocycles. The number of nitrogens with one attached hydrogen (secondary N) is 1. The number of hydrogen-bond donors (Lipinski definition) is 1. The van der Waals surface area contributed by atoms with E-state index in [0.717, 1.165) is 53.0 Å². The number of fused-ring (bicyclic) bond motifs is 1. The van der Waals surface area contributed by atoms with Crippen molar-refractivity contribution in [2.45, 2.75) is 25.7 Å². The Hall–Kier alpha value is -3.38. The van der Waals surface area contributed by atoms with Gasteiger partial charge in [0.05, 0.1) is 19.8 Å². The Morgan fingerprint density at radius 1 is 0.969 bits per heavy atom. The van der Waals surface area contributed by atoms with Gasteiger partial charge in [0.25, 0.3) is 5.91 Å². The van der Waals surface area contributed by atoms with Gasteiger partial charge in [0.2, 0.25) is 0 Å². The molecule has 5 nitrogen and oxygen atoms in total. The minimum Gasteiger partial charge on any atom is -0.497 e. The molecule has 0 aliphatic heterocycles. The molecule has 0 unspecified atom stereocenters. The number of thiophene rings is 1. The minimum atomic E-state index is -0.403. The molecule has 1 amide bonds. The number of aryl methyl sites for hydroxylation is 1. The highest BCUT2D eigenvalue weighted by Gasteiger charge is 2.27. The fourth-order valence-corrected chi connectivity index (χ4v) is 5.18. The van der Waals surface area contributed by atoms with Crippen LogP contribution in [0.15, 0.2) is 54.6 Å². The Balaban J connectivity index is 1.72. The van der Waals surface area contributed by atoms with Gasteiger partial charge in [-0.05, 0) is 60.6 Å². The third-order valence-electron chi connectivity index (χ3n) is 5.54. The maximum absolute atomic E-state index is 13.5. The van der Waals surface area contributed by atoms with Crippen molar-refractivity contribution in [2.75, 3.05) is 19.5 Å². The van der Waals surface area contributed by atoms with Crippen molar-refractivity contribution in [2.24, 2.45) is 0 Å². The number of ether oxygens (including phenoxy) is 2. The predicted octanol–water partition coefficient (Wildman–Crippen LogP) is 5.60. The molecule has 0 saturated heterocycles. The molecule has 0 spiro atoms. The molecule has 1 aliphatic rings. The van der Waals surface area contributed by atoms with Gasteiger partial charge >= 0.3 is 5.97 Å². The van der Waals surface area contributed by atoms with Gasteiger partial charge in [-0.25, -0.2) is 4.79 Å². The van der Waals surface area contributed by atoms with Crippen LogP contribution in [-0.2, 0) is 22.4 Å². The second-order valence-corrected chi connectivity index (χ2v) is 8.66. The van der Waals surface area contributed by atoms with E-state index in [1.165, 1.54) is 18.4 Å². The summed E-state index contributed by atoms with van der Waals surface area (Å²) < 4.78 is 10.3. The average Bonchev–Trinajstić information content (AvgIpc) is 3.20. The van der Waals surface area contributed by atoms with E-state index in [2.05, 4.69) is 5.32 Å². The zero-order chi connectivity index (χ0) is 22.5. The van der Waals surface area contributed by atoms with Gasteiger partial charge < -0.3 is 14.8 Å². The molecule has 0 atom stereocenters. The SMILES string of the molecule is COC(=O)c1c(NC(=O)/C(=C/c2ccc(OC)cc2)c2ccccc2)sc2c1CCCC2. The lowest BCUT2D eigenvalue weighted by molar-refractivity contribution is -0.111. The van der Waals surface area contributed by atoms with Crippen LogP contribution in [0, 0.1) is 0 Å². The van der Waals surface area contributed by atoms with Gasteiger partial charge in [0.1, 0.15) is 10.8 Å². The first kappa shape index (κ1) is 21.8. The summed E-state index contributed by atoms with van der Waals surface area (Å²) >= 11 is 1.48. The van der Waals surface area contributed by atoms with Gasteiger partial charge in [-0.2, -0.15) is 0 Å². The number of carbonyl (C=O) groups is 2. The summed E-state index contributed by atoms with van der Waals surface area (Å²) in [5, 5.41) is 3.57. The summed E-state index contributed by atoms with van der Waals surface area (Å²) in [6, 6.07) is 17.0. The summed E-state index contributed by atoms with van der Waals surface area (Å²) in [4.78, 5) is 27.2. The predicted molar refractivity (Wildman–Crippen MR) is 128 cm³/mol. The minimum absolute atomic E-state index is 0.268. The molecule has 6 heteroatoms. The molecule has 1 heterocycles. The summed E-state index contributed by atoms with van der Waals surface area (Å²) in [7, 11) is 2.99. The second kappa shape index (κ2) is 9.83. The van der Waals surface area contributed by atoms with Gasteiger partial charge in [0.15, 0.2) is 0 Å². The first-order valence-electron chi connectivity index (χ1n) is 10.6. The molecule has 4 rings (SSSR count). The molecule has 32 heavy (non-hydrogen) atoms. The molecule has 0 bridgehead atoms. The van der Waals surface area contributed by atoms with Crippen LogP contribution in [0.4, 0.5) is 5.00 Å². The highest BCUT2D eigenvalue weighted by atomic mass is 32.1. The molecule has 0 fully saturated rings. The van der Waals surface area contributed by atoms with Crippen molar-refractivity contribution in [1.82, 2.24) is 0 Å². The topological polar surface area (TPSA) is 64.6 Å². The number of amides is 1. The van der Waals surface area contributed by atoms with Crippen molar-refractivity contribution in [3.8, 4) is 5.75 Å². The number of esters is 1. The Morgan fingerprint density at radius 2 is 1.69 bits per heavy atom. The summed E-state index contributed by atoms with van der Waals surface area (Å²) in [6.45, 7) is 0. The highest BCUT2D eigenvalue weighted by Crippen LogP contribution is 2.39. The van der Waals surface area contributed by atoms with Gasteiger partial charge in [-0.3, -0.25) is 4.79 Å². The Kier molecular flexibility index (Phi) is 6.71. The van der Waals surface area contributed by atoms with Crippen LogP contribution in [0.2, 0.25) is 0 Å². The Bertz CT molecular complexity index is 1150. The quantitative estimate of drug-likeness (QED) is 0.303. The Morgan fingerprint density at radius 3 is 2.38 bits per heavy atom. The number of rotatable bonds is 6. The third kappa shape index (κ3) is 4.60. The summed E-state index contributed by atoms with van der Waals surface area (Å²) in [6.07, 6.45) is 5.73. The molecular formula is C26H25NO4S. The van der Waals surface area contributed by atoms with E-state index in [9.17, 15) is 9.59 Å². The molecule has 1 aromatic heterocycles. The van der Waals surface area contributed by atoms with Crippen molar-refractivity contribution in [1.29, 1.82) is 0 Å². The largest absolute Gasteiger partial charge is 0.497 e. The van der Waals surface area contributed by atoms with Crippen LogP contribution in [0.3, 0.4) is 0 Å². The van der Waals surface area contributed by atoms with Crippen LogP contribution in [0.1, 0.15) is 44.8 Å². The van der Waals surface area contributed by atoms with Crippen LogP contribution < -0.4 is 10.1 Å². The molecule has 2 aromatic carbocycles. The normalized spacial score (nSPS) is 13.2. The van der Waals surface area contributed by atoms with E-state index >= 15 is 0 Å². The first-order valence-corrected chi connectivity index (χ1v) is 11.4. The van der Waals surface area contributed by atoms with Crippen LogP contribution >= 0.6 is 11.3 Å². The zero-order valence-corrected chi connectivity index (χ0v) is 19.0. The standard InChI is InChI=1S/C26H25NO4S/c1-30-19-14-12-17(13-15-19)16-21(18-8-4-3-5-9-18)24(28)27-25-23(26(29)31-2)20-10-6-7-11-22(20)32-25/h3-5,8-9,12-16H,6-7,10-11H2,1-2H3,(H,27,28)/b21-16+. The Labute approximate surface area is 191 Å². The monoisotopic (exact) mass is 447 g/mol. The van der Waals surface area contributed by atoms with E-state index in [4.69, 9.17) is 9.47 Å². The van der Waals surface area contributed by atoms with Crippen molar-refractivity contribution in [3.63, 3.8) is 0 Å². The van der Waals surface area contributed by atoms with Crippen molar-refractivity contribution < 1.29 is 19.1 Å². The van der Waals surface area contributed by atoms with Crippen LogP contribution in [0.25, 0.3) is 11.6 Å². The van der Waals surface area contributed by atoms with Gasteiger partial charge in [-0.1, -0.05) is 42.5 Å². The maximum Gasteiger partial charge on any atom is 0.341 e.